The average Bonchev–Trinajstić information content (AvgIpc) is 2.77. The van der Waals surface area contributed by atoms with Gasteiger partial charge in [-0.1, -0.05) is 19.1 Å². The zero-order valence-electron chi connectivity index (χ0n) is 12.2. The lowest BCUT2D eigenvalue weighted by atomic mass is 10.3. The Balaban J connectivity index is 3.08. The summed E-state index contributed by atoms with van der Waals surface area (Å²) in [4.78, 5) is 2.81. The van der Waals surface area contributed by atoms with Crippen LogP contribution in [0.5, 0.6) is 0 Å². The fourth-order valence-electron chi connectivity index (χ4n) is 2.04. The van der Waals surface area contributed by atoms with E-state index in [1.807, 2.05) is 32.8 Å². The molecule has 1 aromatic heterocycles. The molecule has 8 heteroatoms. The van der Waals surface area contributed by atoms with E-state index in [0.29, 0.717) is 18.0 Å². The van der Waals surface area contributed by atoms with Gasteiger partial charge in [-0.3, -0.25) is 0 Å². The Kier molecular flexibility index (Phi) is 6.08. The molecule has 0 spiro atoms. The number of hydrogen-bond donors (Lipinski definition) is 1. The highest BCUT2D eigenvalue weighted by Crippen LogP contribution is 2.26. The maximum absolute atomic E-state index is 12.7. The number of sulfonamides is 1. The molecule has 5 nitrogen and oxygen atoms in total. The molecule has 0 saturated heterocycles. The molecule has 0 aliphatic carbocycles. The molecule has 0 saturated carbocycles. The van der Waals surface area contributed by atoms with E-state index >= 15 is 0 Å². The number of hydrogen-bond acceptors (Lipinski definition) is 5. The lowest BCUT2D eigenvalue weighted by Gasteiger charge is -2.28. The minimum absolute atomic E-state index is 0.102. The Hall–Kier alpha value is -0.540. The zero-order valence-corrected chi connectivity index (χ0v) is 14.6. The minimum Gasteiger partial charge on any atom is -0.389 e. The Bertz CT molecular complexity index is 566. The third-order valence-electron chi connectivity index (χ3n) is 2.82. The molecule has 0 aliphatic heterocycles. The first-order valence-electron chi connectivity index (χ1n) is 6.26. The molecule has 0 bridgehead atoms. The quantitative estimate of drug-likeness (QED) is 0.762. The van der Waals surface area contributed by atoms with Crippen LogP contribution in [0, 0.1) is 0 Å². The van der Waals surface area contributed by atoms with Crippen molar-refractivity contribution >= 4 is 38.6 Å². The molecule has 0 radical (unpaired) electrons. The average molecular weight is 336 g/mol. The van der Waals surface area contributed by atoms with Crippen molar-refractivity contribution in [1.82, 2.24) is 9.21 Å². The molecule has 1 aromatic rings. The summed E-state index contributed by atoms with van der Waals surface area (Å²) in [6, 6.07) is 3.12. The summed E-state index contributed by atoms with van der Waals surface area (Å²) in [6.45, 7) is 4.84. The van der Waals surface area contributed by atoms with Crippen LogP contribution in [0.25, 0.3) is 0 Å². The highest BCUT2D eigenvalue weighted by atomic mass is 32.2. The number of likely N-dealkylation sites (N-methyl/N-ethyl adjacent to an activating group) is 2. The molecule has 0 aliphatic rings. The van der Waals surface area contributed by atoms with Gasteiger partial charge >= 0.3 is 0 Å². The highest BCUT2D eigenvalue weighted by molar-refractivity contribution is 7.91. The molecule has 1 unspecified atom stereocenters. The second-order valence-corrected chi connectivity index (χ2v) is 8.44. The summed E-state index contributed by atoms with van der Waals surface area (Å²) >= 11 is 5.99. The van der Waals surface area contributed by atoms with Gasteiger partial charge in [-0.25, -0.2) is 8.42 Å². The summed E-state index contributed by atoms with van der Waals surface area (Å²) < 4.78 is 27.1. The number of nitrogens with zero attached hydrogens (tertiary/aromatic N) is 2. The van der Waals surface area contributed by atoms with Gasteiger partial charge in [0, 0.05) is 19.1 Å². The largest absolute Gasteiger partial charge is 0.389 e. The van der Waals surface area contributed by atoms with E-state index in [-0.39, 0.29) is 15.2 Å². The van der Waals surface area contributed by atoms with Crippen molar-refractivity contribution in [2.24, 2.45) is 5.73 Å². The second kappa shape index (κ2) is 6.95. The molecular formula is C12H21N3O2S3. The molecular weight excluding hydrogens is 314 g/mol. The maximum atomic E-state index is 12.7. The summed E-state index contributed by atoms with van der Waals surface area (Å²) in [7, 11) is 0.349. The normalized spacial score (nSPS) is 13.9. The van der Waals surface area contributed by atoms with Gasteiger partial charge in [0.2, 0.25) is 0 Å². The Morgan fingerprint density at radius 3 is 2.45 bits per heavy atom. The van der Waals surface area contributed by atoms with E-state index < -0.39 is 10.0 Å². The van der Waals surface area contributed by atoms with E-state index in [0.717, 1.165) is 11.3 Å². The lowest BCUT2D eigenvalue weighted by molar-refractivity contribution is 0.272. The van der Waals surface area contributed by atoms with Crippen molar-refractivity contribution in [3.8, 4) is 0 Å². The number of thiophene rings is 1. The topological polar surface area (TPSA) is 66.6 Å². The number of thiocarbonyl (C=S) groups is 1. The fraction of sp³-hybridized carbons (Fsp3) is 0.583. The third-order valence-corrected chi connectivity index (χ3v) is 6.84. The zero-order chi connectivity index (χ0) is 15.5. The van der Waals surface area contributed by atoms with Gasteiger partial charge in [0.25, 0.3) is 10.0 Å². The molecule has 0 amide bonds. The van der Waals surface area contributed by atoms with Crippen LogP contribution in [0.2, 0.25) is 0 Å². The molecule has 20 heavy (non-hydrogen) atoms. The van der Waals surface area contributed by atoms with Gasteiger partial charge in [-0.05, 0) is 33.2 Å². The van der Waals surface area contributed by atoms with Crippen molar-refractivity contribution in [3.63, 3.8) is 0 Å². The Morgan fingerprint density at radius 2 is 2.05 bits per heavy atom. The van der Waals surface area contributed by atoms with E-state index in [4.69, 9.17) is 18.0 Å². The van der Waals surface area contributed by atoms with E-state index in [2.05, 4.69) is 0 Å². The van der Waals surface area contributed by atoms with E-state index in [9.17, 15) is 8.42 Å². The van der Waals surface area contributed by atoms with Crippen LogP contribution < -0.4 is 5.73 Å². The second-order valence-electron chi connectivity index (χ2n) is 4.80. The summed E-state index contributed by atoms with van der Waals surface area (Å²) in [5.74, 6) is 0. The Morgan fingerprint density at radius 1 is 1.45 bits per heavy atom. The minimum atomic E-state index is -3.50. The predicted octanol–water partition coefficient (Wildman–Crippen LogP) is 1.34. The van der Waals surface area contributed by atoms with Crippen molar-refractivity contribution < 1.29 is 8.42 Å². The fourth-order valence-corrected chi connectivity index (χ4v) is 5.16. The standard InChI is InChI=1S/C12H21N3O2S3/c1-5-15(9(2)8-14(3)4)20(16,17)11-7-6-10(19-11)12(13)18/h6-7,9H,5,8H2,1-4H3,(H2,13,18). The Labute approximate surface area is 130 Å². The lowest BCUT2D eigenvalue weighted by Crippen LogP contribution is -2.43. The monoisotopic (exact) mass is 335 g/mol. The van der Waals surface area contributed by atoms with Gasteiger partial charge in [-0.2, -0.15) is 4.31 Å². The van der Waals surface area contributed by atoms with Gasteiger partial charge in [0.05, 0.1) is 4.88 Å². The van der Waals surface area contributed by atoms with Gasteiger partial charge in [0.1, 0.15) is 9.20 Å². The first kappa shape index (κ1) is 17.5. The number of nitrogens with two attached hydrogens (primary N) is 1. The van der Waals surface area contributed by atoms with Crippen LogP contribution in [0.1, 0.15) is 18.7 Å². The van der Waals surface area contributed by atoms with Crippen molar-refractivity contribution in [2.75, 3.05) is 27.2 Å². The van der Waals surface area contributed by atoms with Crippen molar-refractivity contribution in [2.45, 2.75) is 24.1 Å². The van der Waals surface area contributed by atoms with Crippen LogP contribution in [0.4, 0.5) is 0 Å². The highest BCUT2D eigenvalue weighted by Gasteiger charge is 2.29. The molecule has 0 aromatic carbocycles. The molecule has 1 rings (SSSR count). The predicted molar refractivity (Wildman–Crippen MR) is 87.8 cm³/mol. The number of rotatable bonds is 7. The van der Waals surface area contributed by atoms with Crippen molar-refractivity contribution in [1.29, 1.82) is 0 Å². The van der Waals surface area contributed by atoms with Crippen molar-refractivity contribution in [3.05, 3.63) is 17.0 Å². The molecule has 0 fully saturated rings. The smallest absolute Gasteiger partial charge is 0.252 e. The third kappa shape index (κ3) is 3.98. The SMILES string of the molecule is CCN(C(C)CN(C)C)S(=O)(=O)c1ccc(C(N)=S)s1. The van der Waals surface area contributed by atoms with Gasteiger partial charge in [-0.15, -0.1) is 11.3 Å². The molecule has 2 N–H and O–H groups in total. The molecule has 114 valence electrons. The van der Waals surface area contributed by atoms with Crippen LogP contribution in [0.15, 0.2) is 16.3 Å². The van der Waals surface area contributed by atoms with Gasteiger partial charge < -0.3 is 10.6 Å². The van der Waals surface area contributed by atoms with Gasteiger partial charge in [0.15, 0.2) is 0 Å². The summed E-state index contributed by atoms with van der Waals surface area (Å²) in [5.41, 5.74) is 5.53. The van der Waals surface area contributed by atoms with Crippen LogP contribution in [-0.2, 0) is 10.0 Å². The molecule has 1 heterocycles. The summed E-state index contributed by atoms with van der Waals surface area (Å²) in [5, 5.41) is 0. The summed E-state index contributed by atoms with van der Waals surface area (Å²) in [6.07, 6.45) is 0. The molecule has 1 atom stereocenters. The first-order valence-corrected chi connectivity index (χ1v) is 8.92. The first-order chi connectivity index (χ1) is 9.20. The van der Waals surface area contributed by atoms with E-state index in [1.165, 1.54) is 4.31 Å². The van der Waals surface area contributed by atoms with Crippen LogP contribution >= 0.6 is 23.6 Å². The maximum Gasteiger partial charge on any atom is 0.252 e. The van der Waals surface area contributed by atoms with Crippen LogP contribution in [0.3, 0.4) is 0 Å². The van der Waals surface area contributed by atoms with Crippen LogP contribution in [-0.4, -0.2) is 55.8 Å². The van der Waals surface area contributed by atoms with E-state index in [1.54, 1.807) is 12.1 Å².